The highest BCUT2D eigenvalue weighted by Gasteiger charge is 2.76. The van der Waals surface area contributed by atoms with Gasteiger partial charge < -0.3 is 98.8 Å². The van der Waals surface area contributed by atoms with Crippen molar-refractivity contribution in [3.63, 3.8) is 0 Å². The van der Waals surface area contributed by atoms with Crippen LogP contribution in [0.1, 0.15) is 133 Å². The lowest BCUT2D eigenvalue weighted by atomic mass is 9.32. The number of esters is 3. The van der Waals surface area contributed by atoms with Crippen LogP contribution in [0.3, 0.4) is 0 Å². The summed E-state index contributed by atoms with van der Waals surface area (Å²) in [4.78, 5) is 42.1. The first-order valence-corrected chi connectivity index (χ1v) is 31.7. The standard InChI is InChI=1S/C65H98O23/c1-11-13-27-80-56(79)50-48(85-57-45(73)43(71)37(30-67)82-57)47(75)49(86-58-46(74)44(72)42(70)36(29-66)81-58)59(87-50)83-40-24-25-62(8)38(61(40,6)7)23-26-63(9)39(62)21-20-34-35-28-60(4,5)53(84-41(69)22-19-33-17-15-14-16-18-33)54(88-55(78)32(3)12-2)65(35,31-68)52(77)51(76)64(34,63)10/h14-20,22,32,35-40,42-54,57-59,66-68,70-77H,11-13,21,23-31H2,1-10H3/b22-19+/t32-,35-,36+,37-,38+,39+,40-,42+,43-,44-,45+,46+,47-,48-,49+,50-,51-,52+,53+,54-,57-,58-,59+,62-,63+,64-,65-/m0/s1. The average molecular weight is 1250 g/mol. The van der Waals surface area contributed by atoms with Crippen LogP contribution in [0.15, 0.2) is 48.1 Å². The molecule has 7 fully saturated rings. The molecule has 0 spiro atoms. The molecule has 4 saturated carbocycles. The van der Waals surface area contributed by atoms with Crippen molar-refractivity contribution < 1.29 is 113 Å². The maximum Gasteiger partial charge on any atom is 0.338 e. The van der Waals surface area contributed by atoms with E-state index in [0.717, 1.165) is 11.1 Å². The largest absolute Gasteiger partial charge is 0.464 e. The molecule has 3 aliphatic heterocycles. The highest BCUT2D eigenvalue weighted by atomic mass is 16.8. The lowest BCUT2D eigenvalue weighted by Crippen LogP contribution is -2.76. The topological polar surface area (TPSA) is 357 Å². The van der Waals surface area contributed by atoms with Crippen molar-refractivity contribution in [2.45, 2.75) is 244 Å². The first-order valence-electron chi connectivity index (χ1n) is 31.7. The number of unbranched alkanes of at least 4 members (excludes halogenated alkanes) is 1. The van der Waals surface area contributed by atoms with E-state index in [2.05, 4.69) is 33.8 Å². The summed E-state index contributed by atoms with van der Waals surface area (Å²) in [6, 6.07) is 9.20. The van der Waals surface area contributed by atoms with Crippen LogP contribution in [0.2, 0.25) is 0 Å². The Kier molecular flexibility index (Phi) is 20.7. The van der Waals surface area contributed by atoms with E-state index in [0.29, 0.717) is 51.4 Å². The number of benzene rings is 1. The first-order chi connectivity index (χ1) is 41.5. The van der Waals surface area contributed by atoms with Crippen molar-refractivity contribution in [2.75, 3.05) is 26.4 Å². The number of carbonyl (C=O) groups excluding carboxylic acids is 3. The van der Waals surface area contributed by atoms with E-state index in [-0.39, 0.29) is 24.9 Å². The number of ether oxygens (including phenoxy) is 9. The van der Waals surface area contributed by atoms with Crippen LogP contribution in [0.4, 0.5) is 0 Å². The van der Waals surface area contributed by atoms with Gasteiger partial charge in [-0.25, -0.2) is 9.59 Å². The number of hydrogen-bond acceptors (Lipinski definition) is 23. The second kappa shape index (κ2) is 26.4. The molecule has 1 aromatic rings. The molecule has 23 heteroatoms. The molecule has 0 radical (unpaired) electrons. The molecule has 5 aliphatic carbocycles. The maximum atomic E-state index is 14.2. The Morgan fingerprint density at radius 1 is 0.693 bits per heavy atom. The molecule has 3 heterocycles. The van der Waals surface area contributed by atoms with Crippen LogP contribution in [0.25, 0.3) is 6.08 Å². The highest BCUT2D eigenvalue weighted by molar-refractivity contribution is 5.87. The molecule has 27 atom stereocenters. The van der Waals surface area contributed by atoms with Crippen LogP contribution >= 0.6 is 0 Å². The average Bonchev–Trinajstić information content (AvgIpc) is 0.690. The summed E-state index contributed by atoms with van der Waals surface area (Å²) in [5, 5.41) is 125. The molecule has 23 nitrogen and oxygen atoms in total. The fourth-order valence-electron chi connectivity index (χ4n) is 17.3. The number of aliphatic hydroxyl groups is 11. The zero-order valence-corrected chi connectivity index (χ0v) is 52.4. The lowest BCUT2D eigenvalue weighted by Gasteiger charge is -2.73. The van der Waals surface area contributed by atoms with Crippen LogP contribution in [0.5, 0.6) is 0 Å². The van der Waals surface area contributed by atoms with E-state index in [4.69, 9.17) is 42.6 Å². The molecule has 8 aliphatic rings. The van der Waals surface area contributed by atoms with Gasteiger partial charge in [0, 0.05) is 16.9 Å². The second-order valence-corrected chi connectivity index (χ2v) is 28.4. The van der Waals surface area contributed by atoms with Gasteiger partial charge in [0.25, 0.3) is 0 Å². The summed E-state index contributed by atoms with van der Waals surface area (Å²) in [6.07, 6.45) is -21.5. The van der Waals surface area contributed by atoms with Crippen molar-refractivity contribution in [2.24, 2.45) is 56.2 Å². The van der Waals surface area contributed by atoms with E-state index >= 15 is 0 Å². The molecule has 1 aromatic carbocycles. The van der Waals surface area contributed by atoms with Crippen LogP contribution < -0.4 is 0 Å². The van der Waals surface area contributed by atoms with Gasteiger partial charge in [-0.1, -0.05) is 118 Å². The number of fused-ring (bicyclic) bond motifs is 7. The molecule has 0 bridgehead atoms. The quantitative estimate of drug-likeness (QED) is 0.0236. The summed E-state index contributed by atoms with van der Waals surface area (Å²) in [7, 11) is 0. The monoisotopic (exact) mass is 1250 g/mol. The normalized spacial score (nSPS) is 45.6. The Labute approximate surface area is 515 Å². The molecule has 0 amide bonds. The smallest absolute Gasteiger partial charge is 0.338 e. The number of aliphatic hydroxyl groups excluding tert-OH is 11. The van der Waals surface area contributed by atoms with Gasteiger partial charge in [-0.3, -0.25) is 4.79 Å². The van der Waals surface area contributed by atoms with E-state index in [1.165, 1.54) is 6.08 Å². The second-order valence-electron chi connectivity index (χ2n) is 28.4. The molecule has 3 saturated heterocycles. The Bertz CT molecular complexity index is 2650. The predicted octanol–water partition coefficient (Wildman–Crippen LogP) is 2.35. The molecular weight excluding hydrogens is 1150 g/mol. The van der Waals surface area contributed by atoms with Gasteiger partial charge >= 0.3 is 17.9 Å². The molecule has 0 unspecified atom stereocenters. The van der Waals surface area contributed by atoms with Gasteiger partial charge in [0.15, 0.2) is 31.1 Å². The molecular formula is C65H98O23. The van der Waals surface area contributed by atoms with Crippen LogP contribution in [-0.4, -0.2) is 217 Å². The minimum Gasteiger partial charge on any atom is -0.464 e. The van der Waals surface area contributed by atoms with Gasteiger partial charge in [-0.05, 0) is 97.0 Å². The summed E-state index contributed by atoms with van der Waals surface area (Å²) < 4.78 is 55.7. The van der Waals surface area contributed by atoms with Crippen LogP contribution in [0, 0.1) is 56.2 Å². The van der Waals surface area contributed by atoms with E-state index in [1.807, 2.05) is 65.0 Å². The third-order valence-electron chi connectivity index (χ3n) is 22.8. The maximum absolute atomic E-state index is 14.2. The Balaban J connectivity index is 1.04. The minimum absolute atomic E-state index is 0.0509. The van der Waals surface area contributed by atoms with E-state index in [1.54, 1.807) is 13.0 Å². The molecule has 496 valence electrons. The SMILES string of the molecule is CCCCOC(=O)[C@H]1O[C@@H](O[C@H]2CC[C@@]3(C)[C@H](CC[C@]4(C)[C@@H]3CC=C3[C@@H]5CC(C)(C)[C@H](OC(=O)/C=C/c6ccccc6)[C@H](OC(=O)[C@@H](C)CC)[C@]5(CO)[C@H](O)[C@H](O)[C@]34C)C2(C)C)[C@H](O[C@@H]2O[C@H](CO)[C@@H](O)[C@H](O)[C@H]2O)[C@@H](O)[C@@H]1O[C@@H]1O[C@@H](CO)[C@H](O)[C@H]1O. The van der Waals surface area contributed by atoms with Crippen molar-refractivity contribution in [3.8, 4) is 0 Å². The zero-order chi connectivity index (χ0) is 64.4. The summed E-state index contributed by atoms with van der Waals surface area (Å²) in [6.45, 7) is 17.6. The molecule has 9 rings (SSSR count). The summed E-state index contributed by atoms with van der Waals surface area (Å²) >= 11 is 0. The highest BCUT2D eigenvalue weighted by Crippen LogP contribution is 2.76. The van der Waals surface area contributed by atoms with E-state index in [9.17, 15) is 70.6 Å². The Morgan fingerprint density at radius 2 is 1.32 bits per heavy atom. The van der Waals surface area contributed by atoms with Gasteiger partial charge in [-0.15, -0.1) is 0 Å². The fourth-order valence-corrected chi connectivity index (χ4v) is 17.3. The third-order valence-corrected chi connectivity index (χ3v) is 22.8. The molecule has 11 N–H and O–H groups in total. The third kappa shape index (κ3) is 11.7. The number of rotatable bonds is 19. The van der Waals surface area contributed by atoms with Crippen molar-refractivity contribution in [1.29, 1.82) is 0 Å². The zero-order valence-electron chi connectivity index (χ0n) is 52.4. The van der Waals surface area contributed by atoms with Gasteiger partial charge in [0.2, 0.25) is 0 Å². The summed E-state index contributed by atoms with van der Waals surface area (Å²) in [5.41, 5.74) is -4.12. The number of allylic oxidation sites excluding steroid dienone is 1. The predicted molar refractivity (Wildman–Crippen MR) is 311 cm³/mol. The lowest BCUT2D eigenvalue weighted by molar-refractivity contribution is -0.383. The van der Waals surface area contributed by atoms with Gasteiger partial charge in [-0.2, -0.15) is 0 Å². The van der Waals surface area contributed by atoms with Gasteiger partial charge in [0.05, 0.1) is 56.1 Å². The van der Waals surface area contributed by atoms with Crippen LogP contribution in [-0.2, 0) is 57.0 Å². The fraction of sp³-hybridized carbons (Fsp3) is 0.800. The Hall–Kier alpha value is -3.57. The van der Waals surface area contributed by atoms with E-state index < -0.39 is 199 Å². The first kappa shape index (κ1) is 68.8. The van der Waals surface area contributed by atoms with Crippen molar-refractivity contribution in [3.05, 3.63) is 53.6 Å². The van der Waals surface area contributed by atoms with Gasteiger partial charge in [0.1, 0.15) is 67.1 Å². The summed E-state index contributed by atoms with van der Waals surface area (Å²) in [5.74, 6) is -3.80. The Morgan fingerprint density at radius 3 is 1.93 bits per heavy atom. The molecule has 0 aromatic heterocycles. The minimum atomic E-state index is -1.99. The number of hydrogen-bond donors (Lipinski definition) is 11. The van der Waals surface area contributed by atoms with Crippen molar-refractivity contribution in [1.82, 2.24) is 0 Å². The molecule has 88 heavy (non-hydrogen) atoms. The van der Waals surface area contributed by atoms with Crippen molar-refractivity contribution >= 4 is 24.0 Å². The number of carbonyl (C=O) groups is 3.